The highest BCUT2D eigenvalue weighted by Crippen LogP contribution is 2.31. The van der Waals surface area contributed by atoms with E-state index in [1.807, 2.05) is 0 Å². The van der Waals surface area contributed by atoms with Crippen LogP contribution >= 0.6 is 11.6 Å². The number of carboxylic acid groups (broad SMARTS) is 1. The van der Waals surface area contributed by atoms with E-state index in [1.165, 1.54) is 16.8 Å². The third-order valence-corrected chi connectivity index (χ3v) is 5.59. The predicted octanol–water partition coefficient (Wildman–Crippen LogP) is 4.09. The highest BCUT2D eigenvalue weighted by Gasteiger charge is 2.28. The Hall–Kier alpha value is -3.23. The van der Waals surface area contributed by atoms with Crippen molar-refractivity contribution in [2.75, 3.05) is 13.1 Å². The van der Waals surface area contributed by atoms with Gasteiger partial charge >= 0.3 is 5.97 Å². The van der Waals surface area contributed by atoms with Gasteiger partial charge in [-0.1, -0.05) is 42.3 Å². The summed E-state index contributed by atoms with van der Waals surface area (Å²) in [5.74, 6) is -2.19. The number of aliphatic carboxylic acids is 1. The minimum Gasteiger partial charge on any atom is -0.481 e. The maximum atomic E-state index is 14.7. The topological polar surface area (TPSA) is 87.5 Å². The molecule has 1 amide bonds. The molecule has 7 nitrogen and oxygen atoms in total. The van der Waals surface area contributed by atoms with E-state index in [1.54, 1.807) is 41.4 Å². The van der Waals surface area contributed by atoms with E-state index < -0.39 is 24.1 Å². The molecule has 0 spiro atoms. The van der Waals surface area contributed by atoms with Crippen LogP contribution in [-0.2, 0) is 11.2 Å². The number of para-hydroxylation sites is 1. The van der Waals surface area contributed by atoms with Crippen molar-refractivity contribution in [3.63, 3.8) is 0 Å². The predicted molar refractivity (Wildman–Crippen MR) is 118 cm³/mol. The van der Waals surface area contributed by atoms with Gasteiger partial charge in [-0.3, -0.25) is 15.0 Å². The van der Waals surface area contributed by atoms with Crippen molar-refractivity contribution in [3.05, 3.63) is 70.6 Å². The van der Waals surface area contributed by atoms with Crippen LogP contribution in [0.3, 0.4) is 0 Å². The average molecular weight is 457 g/mol. The molecule has 9 heteroatoms. The van der Waals surface area contributed by atoms with Crippen molar-refractivity contribution < 1.29 is 19.1 Å². The molecule has 0 atom stereocenters. The maximum Gasteiger partial charge on any atom is 0.307 e. The van der Waals surface area contributed by atoms with Gasteiger partial charge in [0.25, 0.3) is 5.91 Å². The summed E-state index contributed by atoms with van der Waals surface area (Å²) in [4.78, 5) is 24.9. The third-order valence-electron chi connectivity index (χ3n) is 5.34. The summed E-state index contributed by atoms with van der Waals surface area (Å²) in [6, 6.07) is 12.7. The lowest BCUT2D eigenvalue weighted by Crippen LogP contribution is -2.45. The minimum atomic E-state index is -1.12. The molecule has 32 heavy (non-hydrogen) atoms. The van der Waals surface area contributed by atoms with Crippen LogP contribution < -0.4 is 5.43 Å². The minimum absolute atomic E-state index is 0.0498. The van der Waals surface area contributed by atoms with Crippen LogP contribution in [0.25, 0.3) is 16.9 Å². The second kappa shape index (κ2) is 9.50. The van der Waals surface area contributed by atoms with Crippen LogP contribution in [0.1, 0.15) is 35.3 Å². The summed E-state index contributed by atoms with van der Waals surface area (Å²) < 4.78 is 16.0. The zero-order valence-corrected chi connectivity index (χ0v) is 18.0. The van der Waals surface area contributed by atoms with Gasteiger partial charge in [-0.05, 0) is 37.1 Å². The highest BCUT2D eigenvalue weighted by atomic mass is 35.5. The first-order valence-corrected chi connectivity index (χ1v) is 10.7. The first kappa shape index (κ1) is 22.0. The van der Waals surface area contributed by atoms with E-state index in [0.29, 0.717) is 29.4 Å². The van der Waals surface area contributed by atoms with Crippen LogP contribution in [0.2, 0.25) is 5.02 Å². The summed E-state index contributed by atoms with van der Waals surface area (Å²) in [5, 5.41) is 16.3. The number of halogens is 2. The van der Waals surface area contributed by atoms with E-state index in [2.05, 4.69) is 10.5 Å². The lowest BCUT2D eigenvalue weighted by Gasteiger charge is -2.26. The third kappa shape index (κ3) is 4.66. The van der Waals surface area contributed by atoms with E-state index in [9.17, 15) is 19.1 Å². The molecule has 0 aliphatic carbocycles. The highest BCUT2D eigenvalue weighted by molar-refractivity contribution is 6.30. The SMILES string of the molecule is O=C(O)Cc1c(C(=O)NN2CCCCC2)nn(-c2ccccc2F)c1-c1ccc(Cl)cc1. The van der Waals surface area contributed by atoms with Gasteiger partial charge < -0.3 is 5.11 Å². The number of nitrogens with zero attached hydrogens (tertiary/aromatic N) is 3. The van der Waals surface area contributed by atoms with Gasteiger partial charge in [-0.15, -0.1) is 0 Å². The monoisotopic (exact) mass is 456 g/mol. The summed E-state index contributed by atoms with van der Waals surface area (Å²) in [5.41, 5.74) is 3.99. The van der Waals surface area contributed by atoms with Gasteiger partial charge in [-0.25, -0.2) is 14.1 Å². The first-order chi connectivity index (χ1) is 15.4. The molecule has 0 bridgehead atoms. The maximum absolute atomic E-state index is 14.7. The summed E-state index contributed by atoms with van der Waals surface area (Å²) in [6.07, 6.45) is 2.57. The summed E-state index contributed by atoms with van der Waals surface area (Å²) >= 11 is 6.02. The number of benzene rings is 2. The zero-order chi connectivity index (χ0) is 22.7. The molecule has 2 heterocycles. The van der Waals surface area contributed by atoms with Crippen molar-refractivity contribution >= 4 is 23.5 Å². The molecular formula is C23H22ClFN4O3. The van der Waals surface area contributed by atoms with Crippen molar-refractivity contribution in [1.82, 2.24) is 20.2 Å². The number of hydrazine groups is 1. The van der Waals surface area contributed by atoms with Gasteiger partial charge in [0.1, 0.15) is 11.5 Å². The molecule has 1 saturated heterocycles. The number of hydrogen-bond acceptors (Lipinski definition) is 4. The van der Waals surface area contributed by atoms with Crippen LogP contribution in [0.15, 0.2) is 48.5 Å². The average Bonchev–Trinajstić information content (AvgIpc) is 3.13. The van der Waals surface area contributed by atoms with E-state index >= 15 is 0 Å². The quantitative estimate of drug-likeness (QED) is 0.583. The number of rotatable bonds is 6. The van der Waals surface area contributed by atoms with Crippen LogP contribution in [0.5, 0.6) is 0 Å². The largest absolute Gasteiger partial charge is 0.481 e. The number of carbonyl (C=O) groups excluding carboxylic acids is 1. The number of aromatic nitrogens is 2. The number of piperidine rings is 1. The molecule has 1 aliphatic heterocycles. The number of nitrogens with one attached hydrogen (secondary N) is 1. The lowest BCUT2D eigenvalue weighted by molar-refractivity contribution is -0.136. The molecule has 2 aromatic carbocycles. The molecule has 3 aromatic rings. The molecular weight excluding hydrogens is 435 g/mol. The lowest BCUT2D eigenvalue weighted by atomic mass is 10.0. The molecule has 0 unspecified atom stereocenters. The number of amides is 1. The van der Waals surface area contributed by atoms with Crippen molar-refractivity contribution in [2.45, 2.75) is 25.7 Å². The number of hydrogen-bond donors (Lipinski definition) is 2. The Morgan fingerprint density at radius 3 is 2.41 bits per heavy atom. The fourth-order valence-electron chi connectivity index (χ4n) is 3.86. The molecule has 0 saturated carbocycles. The Bertz CT molecular complexity index is 1140. The summed E-state index contributed by atoms with van der Waals surface area (Å²) in [6.45, 7) is 1.41. The van der Waals surface area contributed by atoms with Crippen LogP contribution in [0, 0.1) is 5.82 Å². The number of carbonyl (C=O) groups is 2. The fourth-order valence-corrected chi connectivity index (χ4v) is 3.98. The second-order valence-electron chi connectivity index (χ2n) is 7.61. The van der Waals surface area contributed by atoms with Gasteiger partial charge in [0.05, 0.1) is 12.1 Å². The second-order valence-corrected chi connectivity index (χ2v) is 8.04. The smallest absolute Gasteiger partial charge is 0.307 e. The molecule has 2 N–H and O–H groups in total. The van der Waals surface area contributed by atoms with E-state index in [0.717, 1.165) is 19.3 Å². The Kier molecular flexibility index (Phi) is 6.53. The summed E-state index contributed by atoms with van der Waals surface area (Å²) in [7, 11) is 0. The van der Waals surface area contributed by atoms with E-state index in [-0.39, 0.29) is 16.9 Å². The van der Waals surface area contributed by atoms with Crippen LogP contribution in [-0.4, -0.2) is 44.9 Å². The van der Waals surface area contributed by atoms with Crippen molar-refractivity contribution in [3.8, 4) is 16.9 Å². The fraction of sp³-hybridized carbons (Fsp3) is 0.261. The zero-order valence-electron chi connectivity index (χ0n) is 17.2. The Morgan fingerprint density at radius 2 is 1.75 bits per heavy atom. The van der Waals surface area contributed by atoms with Crippen LogP contribution in [0.4, 0.5) is 4.39 Å². The molecule has 1 aliphatic rings. The normalized spacial score (nSPS) is 14.3. The number of carboxylic acids is 1. The Balaban J connectivity index is 1.88. The van der Waals surface area contributed by atoms with Crippen molar-refractivity contribution in [1.29, 1.82) is 0 Å². The molecule has 1 aromatic heterocycles. The Labute approximate surface area is 189 Å². The van der Waals surface area contributed by atoms with Gasteiger partial charge in [-0.2, -0.15) is 5.10 Å². The Morgan fingerprint density at radius 1 is 1.06 bits per heavy atom. The molecule has 0 radical (unpaired) electrons. The molecule has 4 rings (SSSR count). The van der Waals surface area contributed by atoms with Gasteiger partial charge in [0.15, 0.2) is 5.69 Å². The van der Waals surface area contributed by atoms with Gasteiger partial charge in [0.2, 0.25) is 0 Å². The first-order valence-electron chi connectivity index (χ1n) is 10.3. The standard InChI is InChI=1S/C23H22ClFN4O3/c24-16-10-8-15(9-11-16)22-17(14-20(30)31)21(23(32)27-28-12-4-1-5-13-28)26-29(22)19-7-3-2-6-18(19)25/h2-3,6-11H,1,4-5,12-14H2,(H,27,32)(H,30,31). The van der Waals surface area contributed by atoms with Crippen molar-refractivity contribution in [2.24, 2.45) is 0 Å². The molecule has 166 valence electrons. The molecule has 1 fully saturated rings. The van der Waals surface area contributed by atoms with E-state index in [4.69, 9.17) is 11.6 Å². The van der Waals surface area contributed by atoms with Gasteiger partial charge in [0, 0.05) is 29.2 Å².